The second-order valence-corrected chi connectivity index (χ2v) is 12.0. The number of fused-ring (bicyclic) bond motifs is 6. The predicted octanol–water partition coefficient (Wildman–Crippen LogP) is 11.5. The molecule has 0 radical (unpaired) electrons. The van der Waals surface area contributed by atoms with Crippen molar-refractivity contribution in [2.75, 3.05) is 0 Å². The van der Waals surface area contributed by atoms with Crippen LogP contribution in [0.15, 0.2) is 161 Å². The quantitative estimate of drug-likeness (QED) is 0.146. The van der Waals surface area contributed by atoms with Gasteiger partial charge in [-0.25, -0.2) is 9.97 Å². The first-order chi connectivity index (χ1) is 23.8. The van der Waals surface area contributed by atoms with Crippen molar-refractivity contribution in [2.24, 2.45) is 0 Å². The van der Waals surface area contributed by atoms with Crippen LogP contribution in [0.2, 0.25) is 0 Å². The number of para-hydroxylation sites is 5. The Bertz CT molecular complexity index is 2760. The van der Waals surface area contributed by atoms with Gasteiger partial charge in [0.05, 0.1) is 5.52 Å². The molecule has 5 nitrogen and oxygen atoms in total. The lowest BCUT2D eigenvalue weighted by Crippen LogP contribution is -1.93. The lowest BCUT2D eigenvalue weighted by molar-refractivity contribution is 0.619. The highest BCUT2D eigenvalue weighted by atomic mass is 16.4. The Hall–Kier alpha value is -6.59. The van der Waals surface area contributed by atoms with Gasteiger partial charge < -0.3 is 8.83 Å². The summed E-state index contributed by atoms with van der Waals surface area (Å²) < 4.78 is 12.2. The summed E-state index contributed by atoms with van der Waals surface area (Å²) in [5, 5.41) is 5.72. The lowest BCUT2D eigenvalue weighted by atomic mass is 9.85. The normalized spacial score (nSPS) is 11.8. The summed E-state index contributed by atoms with van der Waals surface area (Å²) in [6.45, 7) is 0. The molecule has 0 N–H and O–H groups in total. The molecule has 0 fully saturated rings. The van der Waals surface area contributed by atoms with E-state index in [4.69, 9.17) is 23.8 Å². The van der Waals surface area contributed by atoms with Crippen LogP contribution < -0.4 is 0 Å². The summed E-state index contributed by atoms with van der Waals surface area (Å²) in [6, 6.07) is 49.8. The maximum absolute atomic E-state index is 6.09. The van der Waals surface area contributed by atoms with Crippen molar-refractivity contribution in [1.29, 1.82) is 0 Å². The number of pyridine rings is 1. The number of aromatic nitrogens is 3. The van der Waals surface area contributed by atoms with Crippen LogP contribution in [0.1, 0.15) is 0 Å². The Kier molecular flexibility index (Phi) is 5.81. The van der Waals surface area contributed by atoms with Crippen LogP contribution in [0.3, 0.4) is 0 Å². The van der Waals surface area contributed by atoms with Crippen LogP contribution >= 0.6 is 0 Å². The van der Waals surface area contributed by atoms with Crippen LogP contribution in [0.4, 0.5) is 0 Å². The summed E-state index contributed by atoms with van der Waals surface area (Å²) in [7, 11) is 0. The summed E-state index contributed by atoms with van der Waals surface area (Å²) in [5.41, 5.74) is 10.6. The van der Waals surface area contributed by atoms with E-state index >= 15 is 0 Å². The minimum atomic E-state index is 0.613. The van der Waals surface area contributed by atoms with Gasteiger partial charge in [0.15, 0.2) is 11.2 Å². The van der Waals surface area contributed by atoms with Crippen molar-refractivity contribution in [1.82, 2.24) is 15.0 Å². The van der Waals surface area contributed by atoms with Crippen LogP contribution in [0.25, 0.3) is 99.8 Å². The van der Waals surface area contributed by atoms with E-state index in [0.29, 0.717) is 11.8 Å². The van der Waals surface area contributed by atoms with Gasteiger partial charge >= 0.3 is 0 Å². The number of rotatable bonds is 4. The van der Waals surface area contributed by atoms with Crippen LogP contribution in [0, 0.1) is 0 Å². The molecule has 0 aliphatic rings. The van der Waals surface area contributed by atoms with E-state index in [9.17, 15) is 0 Å². The van der Waals surface area contributed by atoms with Gasteiger partial charge in [-0.05, 0) is 87.6 Å². The van der Waals surface area contributed by atoms with Gasteiger partial charge in [0, 0.05) is 33.5 Å². The van der Waals surface area contributed by atoms with Gasteiger partial charge in [0.2, 0.25) is 11.8 Å². The third-order valence-corrected chi connectivity index (χ3v) is 9.19. The molecule has 0 aliphatic carbocycles. The maximum atomic E-state index is 6.09. The molecule has 5 heteroatoms. The molecule has 0 bridgehead atoms. The van der Waals surface area contributed by atoms with E-state index in [2.05, 4.69) is 91.0 Å². The van der Waals surface area contributed by atoms with E-state index in [1.807, 2.05) is 60.8 Å². The van der Waals surface area contributed by atoms with Crippen molar-refractivity contribution in [3.63, 3.8) is 0 Å². The molecule has 0 atom stereocenters. The first-order valence-electron chi connectivity index (χ1n) is 15.9. The zero-order chi connectivity index (χ0) is 31.6. The highest BCUT2D eigenvalue weighted by molar-refractivity contribution is 6.27. The maximum Gasteiger partial charge on any atom is 0.227 e. The minimum Gasteiger partial charge on any atom is -0.436 e. The molecule has 3 aromatic heterocycles. The smallest absolute Gasteiger partial charge is 0.227 e. The fraction of sp³-hybridized carbons (Fsp3) is 0. The SMILES string of the molecule is c1ccc2oc(-c3ccc(-c4c5ccccc5c(-c5ccc(-c6nc7ccccc7o6)cc5)c5c4cnc4ccccc45)cc3)nc2c1. The van der Waals surface area contributed by atoms with Crippen molar-refractivity contribution < 1.29 is 8.83 Å². The van der Waals surface area contributed by atoms with Crippen molar-refractivity contribution in [3.05, 3.63) is 152 Å². The molecule has 0 amide bonds. The van der Waals surface area contributed by atoms with Crippen LogP contribution in [0.5, 0.6) is 0 Å². The monoisotopic (exact) mass is 615 g/mol. The topological polar surface area (TPSA) is 65.0 Å². The summed E-state index contributed by atoms with van der Waals surface area (Å²) in [5.74, 6) is 1.23. The van der Waals surface area contributed by atoms with E-state index in [-0.39, 0.29) is 0 Å². The van der Waals surface area contributed by atoms with Crippen molar-refractivity contribution in [2.45, 2.75) is 0 Å². The van der Waals surface area contributed by atoms with Gasteiger partial charge in [-0.3, -0.25) is 4.98 Å². The fourth-order valence-electron chi connectivity index (χ4n) is 6.96. The standard InChI is InChI=1S/C43H25N3O2/c1-2-10-31-30(9-1)39(26-17-21-28(22-18-26)42-45-35-13-5-7-15-37(35)47-42)33-25-44-34-12-4-3-11-32(34)41(33)40(31)27-19-23-29(24-20-27)43-46-36-14-6-8-16-38(36)48-43/h1-25H. The molecule has 3 heterocycles. The zero-order valence-electron chi connectivity index (χ0n) is 25.6. The number of hydrogen-bond donors (Lipinski definition) is 0. The zero-order valence-corrected chi connectivity index (χ0v) is 25.6. The van der Waals surface area contributed by atoms with E-state index in [1.165, 1.54) is 16.3 Å². The number of nitrogens with zero attached hydrogens (tertiary/aromatic N) is 3. The number of benzene rings is 7. The molecular formula is C43H25N3O2. The second kappa shape index (κ2) is 10.5. The molecule has 224 valence electrons. The van der Waals surface area contributed by atoms with Gasteiger partial charge in [-0.1, -0.05) is 91.0 Å². The highest BCUT2D eigenvalue weighted by Crippen LogP contribution is 2.46. The van der Waals surface area contributed by atoms with Gasteiger partial charge in [0.1, 0.15) is 11.0 Å². The molecule has 0 saturated carbocycles. The first-order valence-corrected chi connectivity index (χ1v) is 15.9. The van der Waals surface area contributed by atoms with Crippen LogP contribution in [-0.2, 0) is 0 Å². The molecule has 10 aromatic rings. The van der Waals surface area contributed by atoms with E-state index in [1.54, 1.807) is 0 Å². The molecule has 0 spiro atoms. The second-order valence-electron chi connectivity index (χ2n) is 12.0. The van der Waals surface area contributed by atoms with Crippen LogP contribution in [-0.4, -0.2) is 15.0 Å². The Labute approximate surface area is 274 Å². The molecule has 10 rings (SSSR count). The summed E-state index contributed by atoms with van der Waals surface area (Å²) >= 11 is 0. The summed E-state index contributed by atoms with van der Waals surface area (Å²) in [4.78, 5) is 14.4. The molecular weight excluding hydrogens is 590 g/mol. The Balaban J connectivity index is 1.18. The van der Waals surface area contributed by atoms with Gasteiger partial charge in [-0.2, -0.15) is 0 Å². The van der Waals surface area contributed by atoms with Crippen molar-refractivity contribution in [3.8, 4) is 45.2 Å². The van der Waals surface area contributed by atoms with Gasteiger partial charge in [-0.15, -0.1) is 0 Å². The Morgan fingerprint density at radius 1 is 0.354 bits per heavy atom. The van der Waals surface area contributed by atoms with Crippen molar-refractivity contribution >= 4 is 54.6 Å². The fourth-order valence-corrected chi connectivity index (χ4v) is 6.96. The third kappa shape index (κ3) is 4.15. The number of hydrogen-bond acceptors (Lipinski definition) is 5. The summed E-state index contributed by atoms with van der Waals surface area (Å²) in [6.07, 6.45) is 2.03. The number of oxazole rings is 2. The predicted molar refractivity (Wildman–Crippen MR) is 194 cm³/mol. The van der Waals surface area contributed by atoms with E-state index < -0.39 is 0 Å². The Morgan fingerprint density at radius 3 is 1.35 bits per heavy atom. The highest BCUT2D eigenvalue weighted by Gasteiger charge is 2.20. The molecule has 0 saturated heterocycles. The molecule has 7 aromatic carbocycles. The first kappa shape index (κ1) is 26.6. The Morgan fingerprint density at radius 2 is 0.792 bits per heavy atom. The molecule has 0 unspecified atom stereocenters. The average molecular weight is 616 g/mol. The lowest BCUT2D eigenvalue weighted by Gasteiger charge is -2.19. The minimum absolute atomic E-state index is 0.613. The molecule has 48 heavy (non-hydrogen) atoms. The average Bonchev–Trinajstić information content (AvgIpc) is 3.79. The largest absolute Gasteiger partial charge is 0.436 e. The van der Waals surface area contributed by atoms with E-state index in [0.717, 1.165) is 71.7 Å². The third-order valence-electron chi connectivity index (χ3n) is 9.19. The van der Waals surface area contributed by atoms with Gasteiger partial charge in [0.25, 0.3) is 0 Å². The molecule has 0 aliphatic heterocycles.